The Morgan fingerprint density at radius 2 is 2.00 bits per heavy atom. The Hall–Kier alpha value is -1.62. The molecule has 5 nitrogen and oxygen atoms in total. The summed E-state index contributed by atoms with van der Waals surface area (Å²) in [5, 5.41) is 1.15. The second-order valence-corrected chi connectivity index (χ2v) is 4.27. The Bertz CT molecular complexity index is 463. The minimum atomic E-state index is -0.267. The molecule has 0 spiro atoms. The van der Waals surface area contributed by atoms with Gasteiger partial charge in [-0.15, -0.1) is 0 Å². The van der Waals surface area contributed by atoms with Crippen molar-refractivity contribution in [2.75, 3.05) is 14.2 Å². The highest BCUT2D eigenvalue weighted by atomic mass is 16.7. The summed E-state index contributed by atoms with van der Waals surface area (Å²) in [6.07, 6.45) is 1.56. The number of aryl methyl sites for hydroxylation is 1. The maximum absolute atomic E-state index is 12.1. The number of hydrogen-bond donors (Lipinski definition) is 1. The SMILES string of the molecule is CCCc1c(C(=O)N(C)OC)[nH]c(C)c1C(C)=O. The standard InChI is InChI=1S/C13H20N2O3/c1-6-7-10-11(9(3)16)8(2)14-12(10)13(17)15(4)18-5/h14H,6-7H2,1-5H3. The summed E-state index contributed by atoms with van der Waals surface area (Å²) in [6, 6.07) is 0. The van der Waals surface area contributed by atoms with Crippen LogP contribution in [0.25, 0.3) is 0 Å². The number of ketones is 1. The molecule has 1 aromatic rings. The minimum absolute atomic E-state index is 0.0219. The molecule has 0 aliphatic carbocycles. The molecule has 0 saturated carbocycles. The Morgan fingerprint density at radius 1 is 1.39 bits per heavy atom. The molecule has 0 saturated heterocycles. The van der Waals surface area contributed by atoms with Crippen molar-refractivity contribution in [3.63, 3.8) is 0 Å². The second-order valence-electron chi connectivity index (χ2n) is 4.27. The van der Waals surface area contributed by atoms with Crippen LogP contribution in [0.15, 0.2) is 0 Å². The van der Waals surface area contributed by atoms with Crippen molar-refractivity contribution in [3.05, 3.63) is 22.5 Å². The largest absolute Gasteiger partial charge is 0.354 e. The van der Waals surface area contributed by atoms with Gasteiger partial charge in [0.05, 0.1) is 7.11 Å². The highest BCUT2D eigenvalue weighted by Gasteiger charge is 2.24. The van der Waals surface area contributed by atoms with Gasteiger partial charge >= 0.3 is 0 Å². The summed E-state index contributed by atoms with van der Waals surface area (Å²) in [7, 11) is 2.97. The highest BCUT2D eigenvalue weighted by molar-refractivity contribution is 6.02. The molecule has 1 amide bonds. The molecule has 0 aliphatic rings. The number of amides is 1. The number of hydrogen-bond acceptors (Lipinski definition) is 3. The van der Waals surface area contributed by atoms with Gasteiger partial charge in [0.2, 0.25) is 0 Å². The van der Waals surface area contributed by atoms with Gasteiger partial charge in [-0.1, -0.05) is 13.3 Å². The molecule has 18 heavy (non-hydrogen) atoms. The predicted molar refractivity (Wildman–Crippen MR) is 68.6 cm³/mol. The maximum Gasteiger partial charge on any atom is 0.293 e. The first-order chi connectivity index (χ1) is 8.43. The fourth-order valence-corrected chi connectivity index (χ4v) is 2.08. The van der Waals surface area contributed by atoms with Gasteiger partial charge in [-0.3, -0.25) is 14.4 Å². The average Bonchev–Trinajstić information content (AvgIpc) is 2.64. The zero-order valence-corrected chi connectivity index (χ0v) is 11.6. The van der Waals surface area contributed by atoms with E-state index in [4.69, 9.17) is 4.84 Å². The van der Waals surface area contributed by atoms with E-state index in [0.29, 0.717) is 17.7 Å². The van der Waals surface area contributed by atoms with Crippen LogP contribution in [-0.2, 0) is 11.3 Å². The smallest absolute Gasteiger partial charge is 0.293 e. The lowest BCUT2D eigenvalue weighted by Gasteiger charge is -2.13. The highest BCUT2D eigenvalue weighted by Crippen LogP contribution is 2.22. The van der Waals surface area contributed by atoms with E-state index in [-0.39, 0.29) is 11.7 Å². The number of rotatable bonds is 5. The van der Waals surface area contributed by atoms with Gasteiger partial charge in [0.1, 0.15) is 5.69 Å². The molecule has 0 bridgehead atoms. The molecule has 100 valence electrons. The van der Waals surface area contributed by atoms with Crippen molar-refractivity contribution in [1.82, 2.24) is 10.0 Å². The van der Waals surface area contributed by atoms with Crippen LogP contribution < -0.4 is 0 Å². The van der Waals surface area contributed by atoms with Gasteiger partial charge in [0, 0.05) is 18.3 Å². The zero-order valence-electron chi connectivity index (χ0n) is 11.6. The first-order valence-electron chi connectivity index (χ1n) is 5.98. The van der Waals surface area contributed by atoms with E-state index in [1.165, 1.54) is 14.0 Å². The van der Waals surface area contributed by atoms with Crippen LogP contribution in [0.1, 0.15) is 52.4 Å². The number of carbonyl (C=O) groups is 2. The lowest BCUT2D eigenvalue weighted by atomic mass is 10.0. The van der Waals surface area contributed by atoms with Crippen molar-refractivity contribution in [3.8, 4) is 0 Å². The molecule has 1 heterocycles. The fraction of sp³-hybridized carbons (Fsp3) is 0.538. The summed E-state index contributed by atoms with van der Waals surface area (Å²) in [5.74, 6) is -0.289. The Balaban J connectivity index is 3.31. The molecule has 0 unspecified atom stereocenters. The minimum Gasteiger partial charge on any atom is -0.354 e. The average molecular weight is 252 g/mol. The van der Waals surface area contributed by atoms with Crippen LogP contribution >= 0.6 is 0 Å². The Morgan fingerprint density at radius 3 is 2.44 bits per heavy atom. The van der Waals surface area contributed by atoms with E-state index in [9.17, 15) is 9.59 Å². The molecule has 1 aromatic heterocycles. The van der Waals surface area contributed by atoms with Crippen LogP contribution in [0.2, 0.25) is 0 Å². The maximum atomic E-state index is 12.1. The quantitative estimate of drug-likeness (QED) is 0.645. The first-order valence-corrected chi connectivity index (χ1v) is 5.98. The fourth-order valence-electron chi connectivity index (χ4n) is 2.08. The summed E-state index contributed by atoms with van der Waals surface area (Å²) in [6.45, 7) is 5.34. The van der Waals surface area contributed by atoms with Gasteiger partial charge < -0.3 is 4.98 Å². The lowest BCUT2D eigenvalue weighted by Crippen LogP contribution is -2.26. The summed E-state index contributed by atoms with van der Waals surface area (Å²) in [5.41, 5.74) is 2.60. The molecule has 1 N–H and O–H groups in total. The van der Waals surface area contributed by atoms with Gasteiger partial charge in [-0.05, 0) is 25.8 Å². The van der Waals surface area contributed by atoms with E-state index >= 15 is 0 Å². The van der Waals surface area contributed by atoms with Gasteiger partial charge in [-0.25, -0.2) is 5.06 Å². The van der Waals surface area contributed by atoms with E-state index in [1.54, 1.807) is 14.0 Å². The summed E-state index contributed by atoms with van der Waals surface area (Å²) in [4.78, 5) is 31.7. The van der Waals surface area contributed by atoms with E-state index < -0.39 is 0 Å². The third-order valence-electron chi connectivity index (χ3n) is 2.92. The molecule has 0 atom stereocenters. The van der Waals surface area contributed by atoms with Crippen LogP contribution in [0.3, 0.4) is 0 Å². The molecular formula is C13H20N2O3. The zero-order chi connectivity index (χ0) is 13.9. The predicted octanol–water partition coefficient (Wildman–Crippen LogP) is 2.11. The number of nitrogens with one attached hydrogen (secondary N) is 1. The van der Waals surface area contributed by atoms with Crippen molar-refractivity contribution in [1.29, 1.82) is 0 Å². The van der Waals surface area contributed by atoms with E-state index in [1.807, 2.05) is 6.92 Å². The molecule has 0 aliphatic heterocycles. The summed E-state index contributed by atoms with van der Waals surface area (Å²) >= 11 is 0. The first kappa shape index (κ1) is 14.4. The Kier molecular flexibility index (Phi) is 4.67. The number of carbonyl (C=O) groups excluding carboxylic acids is 2. The third-order valence-corrected chi connectivity index (χ3v) is 2.92. The van der Waals surface area contributed by atoms with E-state index in [2.05, 4.69) is 4.98 Å². The number of aromatic amines is 1. The van der Waals surface area contributed by atoms with Gasteiger partial charge in [-0.2, -0.15) is 0 Å². The number of H-pyrrole nitrogens is 1. The molecule has 0 aromatic carbocycles. The van der Waals surface area contributed by atoms with Crippen molar-refractivity contribution in [2.45, 2.75) is 33.6 Å². The van der Waals surface area contributed by atoms with Crippen LogP contribution in [0.5, 0.6) is 0 Å². The molecular weight excluding hydrogens is 232 g/mol. The van der Waals surface area contributed by atoms with Crippen LogP contribution in [0.4, 0.5) is 0 Å². The molecule has 5 heteroatoms. The van der Waals surface area contributed by atoms with Crippen LogP contribution in [0, 0.1) is 6.92 Å². The summed E-state index contributed by atoms with van der Waals surface area (Å²) < 4.78 is 0. The molecule has 0 fully saturated rings. The third kappa shape index (κ3) is 2.61. The normalized spacial score (nSPS) is 10.5. The van der Waals surface area contributed by atoms with Gasteiger partial charge in [0.15, 0.2) is 5.78 Å². The number of nitrogens with zero attached hydrogens (tertiary/aromatic N) is 1. The van der Waals surface area contributed by atoms with Crippen molar-refractivity contribution < 1.29 is 14.4 Å². The van der Waals surface area contributed by atoms with Crippen molar-refractivity contribution in [2.24, 2.45) is 0 Å². The van der Waals surface area contributed by atoms with E-state index in [0.717, 1.165) is 22.7 Å². The van der Waals surface area contributed by atoms with Crippen molar-refractivity contribution >= 4 is 11.7 Å². The Labute approximate surface area is 107 Å². The second kappa shape index (κ2) is 5.82. The monoisotopic (exact) mass is 252 g/mol. The van der Waals surface area contributed by atoms with Gasteiger partial charge in [0.25, 0.3) is 5.91 Å². The lowest BCUT2D eigenvalue weighted by molar-refractivity contribution is -0.0760. The number of aromatic nitrogens is 1. The number of Topliss-reactive ketones (excluding diaryl/α,β-unsaturated/α-hetero) is 1. The number of hydroxylamine groups is 2. The molecule has 0 radical (unpaired) electrons. The van der Waals surface area contributed by atoms with Crippen LogP contribution in [-0.4, -0.2) is 35.9 Å². The molecule has 1 rings (SSSR count). The topological polar surface area (TPSA) is 62.4 Å².